The highest BCUT2D eigenvalue weighted by Gasteiger charge is 2.06. The lowest BCUT2D eigenvalue weighted by molar-refractivity contribution is 0.629. The normalized spacial score (nSPS) is 12.4. The van der Waals surface area contributed by atoms with Crippen LogP contribution in [0.5, 0.6) is 0 Å². The lowest BCUT2D eigenvalue weighted by Crippen LogP contribution is -1.94. The quantitative estimate of drug-likeness (QED) is 0.459. The Balaban J connectivity index is 2.57. The second kappa shape index (κ2) is 6.68. The standard InChI is InChI=1S/C14H19Cl/c1-3-5-6-7-12(4-2)13-8-10-14(15)11-9-13/h4,8-12H,2-3,5-7H2,1H3/t12-/m1/s1. The molecule has 0 aromatic heterocycles. The Morgan fingerprint density at radius 2 is 1.93 bits per heavy atom. The van der Waals surface area contributed by atoms with E-state index in [4.69, 9.17) is 11.6 Å². The van der Waals surface area contributed by atoms with Gasteiger partial charge in [-0.15, -0.1) is 6.58 Å². The third-order valence-corrected chi connectivity index (χ3v) is 2.95. The molecule has 0 unspecified atom stereocenters. The molecule has 1 atom stereocenters. The molecule has 0 nitrogen and oxygen atoms in total. The van der Waals surface area contributed by atoms with E-state index in [1.807, 2.05) is 18.2 Å². The zero-order valence-electron chi connectivity index (χ0n) is 9.38. The molecule has 1 heteroatoms. The Labute approximate surface area is 98.0 Å². The first kappa shape index (κ1) is 12.3. The molecular formula is C14H19Cl. The van der Waals surface area contributed by atoms with E-state index in [9.17, 15) is 0 Å². The first-order valence-corrected chi connectivity index (χ1v) is 6.03. The fraction of sp³-hybridized carbons (Fsp3) is 0.429. The summed E-state index contributed by atoms with van der Waals surface area (Å²) in [4.78, 5) is 0. The Hall–Kier alpha value is -0.750. The molecule has 0 fully saturated rings. The zero-order chi connectivity index (χ0) is 11.1. The van der Waals surface area contributed by atoms with E-state index in [2.05, 4.69) is 25.6 Å². The van der Waals surface area contributed by atoms with Crippen molar-refractivity contribution in [3.8, 4) is 0 Å². The van der Waals surface area contributed by atoms with Crippen LogP contribution in [0.4, 0.5) is 0 Å². The van der Waals surface area contributed by atoms with E-state index < -0.39 is 0 Å². The van der Waals surface area contributed by atoms with Gasteiger partial charge in [-0.3, -0.25) is 0 Å². The van der Waals surface area contributed by atoms with Gasteiger partial charge in [-0.25, -0.2) is 0 Å². The van der Waals surface area contributed by atoms with Crippen LogP contribution in [0.25, 0.3) is 0 Å². The molecule has 0 bridgehead atoms. The van der Waals surface area contributed by atoms with Crippen molar-refractivity contribution in [3.05, 3.63) is 47.5 Å². The molecule has 0 saturated heterocycles. The molecule has 0 amide bonds. The van der Waals surface area contributed by atoms with Crippen LogP contribution in [0.15, 0.2) is 36.9 Å². The molecule has 1 aromatic rings. The fourth-order valence-corrected chi connectivity index (χ4v) is 1.87. The third kappa shape index (κ3) is 4.09. The van der Waals surface area contributed by atoms with Crippen molar-refractivity contribution in [1.82, 2.24) is 0 Å². The van der Waals surface area contributed by atoms with E-state index >= 15 is 0 Å². The molecule has 0 spiro atoms. The van der Waals surface area contributed by atoms with Crippen molar-refractivity contribution >= 4 is 11.6 Å². The topological polar surface area (TPSA) is 0 Å². The lowest BCUT2D eigenvalue weighted by Gasteiger charge is -2.12. The highest BCUT2D eigenvalue weighted by Crippen LogP contribution is 2.24. The molecule has 15 heavy (non-hydrogen) atoms. The average Bonchev–Trinajstić information content (AvgIpc) is 2.26. The molecule has 0 N–H and O–H groups in total. The van der Waals surface area contributed by atoms with Crippen LogP contribution in [-0.4, -0.2) is 0 Å². The van der Waals surface area contributed by atoms with Gasteiger partial charge in [0.25, 0.3) is 0 Å². The zero-order valence-corrected chi connectivity index (χ0v) is 10.1. The Morgan fingerprint density at radius 3 is 2.47 bits per heavy atom. The lowest BCUT2D eigenvalue weighted by atomic mass is 9.93. The summed E-state index contributed by atoms with van der Waals surface area (Å²) in [7, 11) is 0. The van der Waals surface area contributed by atoms with Gasteiger partial charge in [-0.2, -0.15) is 0 Å². The highest BCUT2D eigenvalue weighted by atomic mass is 35.5. The molecule has 0 aliphatic carbocycles. The van der Waals surface area contributed by atoms with Gasteiger partial charge in [0.15, 0.2) is 0 Å². The van der Waals surface area contributed by atoms with Gasteiger partial charge in [-0.1, -0.05) is 56.0 Å². The van der Waals surface area contributed by atoms with Gasteiger partial charge in [-0.05, 0) is 24.1 Å². The maximum Gasteiger partial charge on any atom is 0.0406 e. The van der Waals surface area contributed by atoms with Crippen molar-refractivity contribution < 1.29 is 0 Å². The van der Waals surface area contributed by atoms with Crippen LogP contribution in [0.1, 0.15) is 44.1 Å². The number of allylic oxidation sites excluding steroid dienone is 1. The van der Waals surface area contributed by atoms with E-state index in [1.165, 1.54) is 31.2 Å². The summed E-state index contributed by atoms with van der Waals surface area (Å²) < 4.78 is 0. The van der Waals surface area contributed by atoms with Crippen molar-refractivity contribution in [2.45, 2.75) is 38.5 Å². The van der Waals surface area contributed by atoms with E-state index in [-0.39, 0.29) is 0 Å². The van der Waals surface area contributed by atoms with Crippen molar-refractivity contribution in [2.24, 2.45) is 0 Å². The third-order valence-electron chi connectivity index (χ3n) is 2.70. The number of halogens is 1. The summed E-state index contributed by atoms with van der Waals surface area (Å²) in [5.41, 5.74) is 1.32. The molecule has 0 aliphatic rings. The van der Waals surface area contributed by atoms with E-state index in [0.717, 1.165) is 5.02 Å². The predicted octanol–water partition coefficient (Wildman–Crippen LogP) is 5.19. The first-order chi connectivity index (χ1) is 7.27. The van der Waals surface area contributed by atoms with Crippen molar-refractivity contribution in [2.75, 3.05) is 0 Å². The largest absolute Gasteiger partial charge is 0.102 e. The molecule has 1 rings (SSSR count). The SMILES string of the molecule is C=C[C@H](CCCCC)c1ccc(Cl)cc1. The van der Waals surface area contributed by atoms with Crippen LogP contribution in [-0.2, 0) is 0 Å². The minimum atomic E-state index is 0.480. The summed E-state index contributed by atoms with van der Waals surface area (Å²) in [6.07, 6.45) is 7.08. The molecule has 0 aliphatic heterocycles. The van der Waals surface area contributed by atoms with E-state index in [0.29, 0.717) is 5.92 Å². The highest BCUT2D eigenvalue weighted by molar-refractivity contribution is 6.30. The monoisotopic (exact) mass is 222 g/mol. The smallest absolute Gasteiger partial charge is 0.0406 e. The second-order valence-corrected chi connectivity index (χ2v) is 4.33. The number of unbranched alkanes of at least 4 members (excludes halogenated alkanes) is 2. The van der Waals surface area contributed by atoms with Crippen LogP contribution in [0.2, 0.25) is 5.02 Å². The van der Waals surface area contributed by atoms with Gasteiger partial charge in [0.05, 0.1) is 0 Å². The number of rotatable bonds is 6. The van der Waals surface area contributed by atoms with Crippen LogP contribution < -0.4 is 0 Å². The van der Waals surface area contributed by atoms with Crippen LogP contribution in [0.3, 0.4) is 0 Å². The first-order valence-electron chi connectivity index (χ1n) is 5.66. The molecular weight excluding hydrogens is 204 g/mol. The maximum absolute atomic E-state index is 5.86. The molecule has 0 radical (unpaired) electrons. The van der Waals surface area contributed by atoms with Gasteiger partial charge >= 0.3 is 0 Å². The Morgan fingerprint density at radius 1 is 1.27 bits per heavy atom. The van der Waals surface area contributed by atoms with Crippen molar-refractivity contribution in [1.29, 1.82) is 0 Å². The summed E-state index contributed by atoms with van der Waals surface area (Å²) in [5, 5.41) is 0.801. The van der Waals surface area contributed by atoms with Gasteiger partial charge in [0.1, 0.15) is 0 Å². The molecule has 0 saturated carbocycles. The number of hydrogen-bond acceptors (Lipinski definition) is 0. The van der Waals surface area contributed by atoms with Crippen LogP contribution >= 0.6 is 11.6 Å². The maximum atomic E-state index is 5.86. The number of benzene rings is 1. The molecule has 1 aromatic carbocycles. The fourth-order valence-electron chi connectivity index (χ4n) is 1.74. The molecule has 82 valence electrons. The Kier molecular flexibility index (Phi) is 5.49. The minimum Gasteiger partial charge on any atom is -0.102 e. The molecule has 0 heterocycles. The summed E-state index contributed by atoms with van der Waals surface area (Å²) in [6.45, 7) is 6.13. The van der Waals surface area contributed by atoms with Gasteiger partial charge in [0, 0.05) is 10.9 Å². The van der Waals surface area contributed by atoms with Crippen molar-refractivity contribution in [3.63, 3.8) is 0 Å². The summed E-state index contributed by atoms with van der Waals surface area (Å²) >= 11 is 5.86. The summed E-state index contributed by atoms with van der Waals surface area (Å²) in [6, 6.07) is 8.10. The predicted molar refractivity (Wildman–Crippen MR) is 68.5 cm³/mol. The van der Waals surface area contributed by atoms with Crippen LogP contribution in [0, 0.1) is 0 Å². The van der Waals surface area contributed by atoms with E-state index in [1.54, 1.807) is 0 Å². The number of hydrogen-bond donors (Lipinski definition) is 0. The van der Waals surface area contributed by atoms with Gasteiger partial charge in [0.2, 0.25) is 0 Å². The Bertz CT molecular complexity index is 287. The average molecular weight is 223 g/mol. The summed E-state index contributed by atoms with van der Waals surface area (Å²) in [5.74, 6) is 0.480. The minimum absolute atomic E-state index is 0.480. The van der Waals surface area contributed by atoms with Gasteiger partial charge < -0.3 is 0 Å². The second-order valence-electron chi connectivity index (χ2n) is 3.89.